The molecule has 3 heterocycles. The van der Waals surface area contributed by atoms with Crippen molar-refractivity contribution in [3.8, 4) is 22.4 Å². The molecule has 0 saturated carbocycles. The molecule has 1 unspecified atom stereocenters. The van der Waals surface area contributed by atoms with Crippen molar-refractivity contribution >= 4 is 0 Å². The Morgan fingerprint density at radius 2 is 1.82 bits per heavy atom. The van der Waals surface area contributed by atoms with E-state index in [4.69, 9.17) is 0 Å². The van der Waals surface area contributed by atoms with E-state index in [1.165, 1.54) is 11.1 Å². The zero-order chi connectivity index (χ0) is 22.6. The normalized spacial score (nSPS) is 15.2. The summed E-state index contributed by atoms with van der Waals surface area (Å²) < 4.78 is 27.2. The van der Waals surface area contributed by atoms with Crippen molar-refractivity contribution < 1.29 is 28.9 Å². The molecule has 34 heavy (non-hydrogen) atoms. The van der Waals surface area contributed by atoms with Gasteiger partial charge in [0.05, 0.1) is 0 Å². The molecule has 3 aromatic carbocycles. The minimum atomic E-state index is -0.605. The van der Waals surface area contributed by atoms with Gasteiger partial charge in [-0.2, -0.15) is 41.6 Å². The van der Waals surface area contributed by atoms with Crippen LogP contribution in [0.5, 0.6) is 0 Å². The molecule has 0 aliphatic carbocycles. The van der Waals surface area contributed by atoms with Crippen molar-refractivity contribution in [3.63, 3.8) is 0 Å². The van der Waals surface area contributed by atoms with E-state index in [-0.39, 0.29) is 31.8 Å². The fourth-order valence-corrected chi connectivity index (χ4v) is 4.08. The van der Waals surface area contributed by atoms with Crippen LogP contribution in [0.1, 0.15) is 17.3 Å². The summed E-state index contributed by atoms with van der Waals surface area (Å²) in [4.78, 5) is 6.45. The van der Waals surface area contributed by atoms with Crippen molar-refractivity contribution in [2.24, 2.45) is 0 Å². The van der Waals surface area contributed by atoms with Crippen LogP contribution in [-0.4, -0.2) is 16.4 Å². The molecule has 0 N–H and O–H groups in total. The first-order valence-corrected chi connectivity index (χ1v) is 10.7. The third kappa shape index (κ3) is 4.93. The van der Waals surface area contributed by atoms with Gasteiger partial charge >= 0.3 is 20.1 Å². The molecular weight excluding hydrogens is 609 g/mol. The zero-order valence-corrected chi connectivity index (χ0v) is 20.5. The van der Waals surface area contributed by atoms with E-state index in [1.807, 2.05) is 48.7 Å². The largest absolute Gasteiger partial charge is 3.00 e. The van der Waals surface area contributed by atoms with Crippen molar-refractivity contribution in [1.82, 2.24) is 9.88 Å². The molecule has 0 bridgehead atoms. The second-order valence-electron chi connectivity index (χ2n) is 7.71. The van der Waals surface area contributed by atoms with Crippen molar-refractivity contribution in [2.75, 3.05) is 6.54 Å². The van der Waals surface area contributed by atoms with Gasteiger partial charge in [-0.15, -0.1) is 18.2 Å². The van der Waals surface area contributed by atoms with Gasteiger partial charge < -0.3 is 15.2 Å². The summed E-state index contributed by atoms with van der Waals surface area (Å²) in [7, 11) is 0. The first-order valence-electron chi connectivity index (χ1n) is 10.7. The SMILES string of the molecule is Fc1[c-]c(-c2ncccc2-c2ccccc2)c(F)cc1.[Ir+3].[c-]1cccc2c1C1[N-]C=CN1CC2. The molecule has 1 atom stereocenters. The number of fused-ring (bicyclic) bond motifs is 3. The zero-order valence-electron chi connectivity index (χ0n) is 18.1. The van der Waals surface area contributed by atoms with E-state index in [0.717, 1.165) is 36.2 Å². The number of benzene rings is 3. The molecule has 0 saturated heterocycles. The predicted molar refractivity (Wildman–Crippen MR) is 125 cm³/mol. The smallest absolute Gasteiger partial charge is 0.668 e. The first kappa shape index (κ1) is 23.8. The van der Waals surface area contributed by atoms with Crippen LogP contribution in [0.25, 0.3) is 27.7 Å². The predicted octanol–water partition coefficient (Wildman–Crippen LogP) is 6.69. The Hall–Kier alpha value is -3.34. The minimum absolute atomic E-state index is 0. The second-order valence-corrected chi connectivity index (χ2v) is 7.71. The summed E-state index contributed by atoms with van der Waals surface area (Å²) in [6.45, 7) is 1.08. The fourth-order valence-electron chi connectivity index (χ4n) is 4.08. The molecule has 0 spiro atoms. The van der Waals surface area contributed by atoms with Crippen molar-refractivity contribution in [2.45, 2.75) is 12.6 Å². The standard InChI is InChI=1S/C17H10F2N.C11H10N2.Ir/c18-13-8-9-16(19)15(11-13)17-14(7-4-10-20-17)12-5-2-1-3-6-12;1-2-4-10-9(3-1)5-7-13-8-6-12-11(10)13;/h1-10H;1-3,6,8,11H,5,7H2;/q-1;-2;+3. The molecular formula is C28H20F2IrN3. The van der Waals surface area contributed by atoms with Gasteiger partial charge in [0, 0.05) is 24.4 Å². The quantitative estimate of drug-likeness (QED) is 0.232. The van der Waals surface area contributed by atoms with Crippen LogP contribution in [0, 0.1) is 23.8 Å². The average molecular weight is 629 g/mol. The van der Waals surface area contributed by atoms with Crippen LogP contribution in [-0.2, 0) is 26.5 Å². The second kappa shape index (κ2) is 10.7. The molecule has 0 amide bonds. The maximum absolute atomic E-state index is 13.9. The van der Waals surface area contributed by atoms with Crippen LogP contribution in [0.3, 0.4) is 0 Å². The number of aromatic nitrogens is 1. The Bertz CT molecular complexity index is 1290. The molecule has 3 nitrogen and oxygen atoms in total. The molecule has 2 aliphatic heterocycles. The third-order valence-electron chi connectivity index (χ3n) is 5.66. The Morgan fingerprint density at radius 1 is 0.971 bits per heavy atom. The summed E-state index contributed by atoms with van der Waals surface area (Å²) >= 11 is 0. The number of rotatable bonds is 2. The van der Waals surface area contributed by atoms with E-state index in [0.29, 0.717) is 5.69 Å². The maximum atomic E-state index is 13.9. The summed E-state index contributed by atoms with van der Waals surface area (Å²) in [6, 6.07) is 27.1. The van der Waals surface area contributed by atoms with Gasteiger partial charge in [-0.1, -0.05) is 48.4 Å². The molecule has 170 valence electrons. The topological polar surface area (TPSA) is 30.2 Å². The molecule has 0 fully saturated rings. The van der Waals surface area contributed by atoms with Crippen LogP contribution in [0.4, 0.5) is 8.78 Å². The van der Waals surface area contributed by atoms with Gasteiger partial charge in [0.2, 0.25) is 0 Å². The number of hydrogen-bond donors (Lipinski definition) is 0. The van der Waals surface area contributed by atoms with Gasteiger partial charge in [-0.25, -0.2) is 4.39 Å². The number of hydrogen-bond acceptors (Lipinski definition) is 2. The Morgan fingerprint density at radius 3 is 2.68 bits per heavy atom. The summed E-state index contributed by atoms with van der Waals surface area (Å²) in [5.74, 6) is -1.15. The van der Waals surface area contributed by atoms with Gasteiger partial charge in [0.15, 0.2) is 0 Å². The van der Waals surface area contributed by atoms with E-state index in [9.17, 15) is 8.78 Å². The first-order chi connectivity index (χ1) is 16.2. The van der Waals surface area contributed by atoms with Crippen molar-refractivity contribution in [3.05, 3.63) is 132 Å². The molecule has 1 aromatic heterocycles. The molecule has 0 radical (unpaired) electrons. The fraction of sp³-hybridized carbons (Fsp3) is 0.107. The monoisotopic (exact) mass is 629 g/mol. The van der Waals surface area contributed by atoms with Gasteiger partial charge in [-0.3, -0.25) is 4.39 Å². The third-order valence-corrected chi connectivity index (χ3v) is 5.66. The summed E-state index contributed by atoms with van der Waals surface area (Å²) in [6.07, 6.45) is 6.84. The molecule has 6 heteroatoms. The van der Waals surface area contributed by atoms with E-state index in [2.05, 4.69) is 45.7 Å². The Balaban J connectivity index is 0.000000169. The van der Waals surface area contributed by atoms with E-state index < -0.39 is 11.6 Å². The van der Waals surface area contributed by atoms with Gasteiger partial charge in [0.1, 0.15) is 0 Å². The Labute approximate surface area is 211 Å². The minimum Gasteiger partial charge on any atom is -0.668 e. The van der Waals surface area contributed by atoms with Crippen LogP contribution < -0.4 is 0 Å². The molecule has 4 aromatic rings. The number of nitrogens with zero attached hydrogens (tertiary/aromatic N) is 3. The number of halogens is 2. The van der Waals surface area contributed by atoms with E-state index >= 15 is 0 Å². The summed E-state index contributed by atoms with van der Waals surface area (Å²) in [5.41, 5.74) is 4.72. The van der Waals surface area contributed by atoms with Gasteiger partial charge in [-0.05, 0) is 35.3 Å². The van der Waals surface area contributed by atoms with Crippen LogP contribution in [0.2, 0.25) is 0 Å². The number of pyridine rings is 1. The van der Waals surface area contributed by atoms with Crippen molar-refractivity contribution in [1.29, 1.82) is 0 Å². The van der Waals surface area contributed by atoms with Crippen LogP contribution in [0.15, 0.2) is 91.4 Å². The maximum Gasteiger partial charge on any atom is 3.00 e. The van der Waals surface area contributed by atoms with E-state index in [1.54, 1.807) is 12.3 Å². The van der Waals surface area contributed by atoms with Crippen LogP contribution >= 0.6 is 0 Å². The summed E-state index contributed by atoms with van der Waals surface area (Å²) in [5, 5.41) is 4.41. The molecule has 6 rings (SSSR count). The molecule has 2 aliphatic rings. The van der Waals surface area contributed by atoms with Gasteiger partial charge in [0.25, 0.3) is 0 Å². The Kier molecular flexibility index (Phi) is 7.51. The average Bonchev–Trinajstić information content (AvgIpc) is 3.36.